The standard InChI is InChI=1S/C21H15BrN2OS/c22-15-6-3-5-14(11-15)20-12-18(17-8-1-2-9-19(17)24-20)21(25)23-13-16-7-4-10-26-16/h1-12H,13H2,(H,23,25). The topological polar surface area (TPSA) is 42.0 Å². The van der Waals surface area contributed by atoms with Crippen molar-refractivity contribution in [3.63, 3.8) is 0 Å². The molecule has 0 saturated heterocycles. The van der Waals surface area contributed by atoms with Gasteiger partial charge in [0.2, 0.25) is 0 Å². The molecule has 0 spiro atoms. The van der Waals surface area contributed by atoms with Crippen molar-refractivity contribution in [2.45, 2.75) is 6.54 Å². The van der Waals surface area contributed by atoms with E-state index in [1.54, 1.807) is 11.3 Å². The SMILES string of the molecule is O=C(NCc1cccs1)c1cc(-c2cccc(Br)c2)nc2ccccc12. The van der Waals surface area contributed by atoms with Crippen molar-refractivity contribution in [2.75, 3.05) is 0 Å². The highest BCUT2D eigenvalue weighted by Crippen LogP contribution is 2.26. The van der Waals surface area contributed by atoms with Crippen LogP contribution in [0.15, 0.2) is 76.6 Å². The van der Waals surface area contributed by atoms with Gasteiger partial charge in [-0.1, -0.05) is 52.3 Å². The molecule has 2 aromatic carbocycles. The van der Waals surface area contributed by atoms with Crippen molar-refractivity contribution < 1.29 is 4.79 Å². The first-order valence-corrected chi connectivity index (χ1v) is 9.84. The number of fused-ring (bicyclic) bond motifs is 1. The first-order valence-electron chi connectivity index (χ1n) is 8.17. The molecule has 0 saturated carbocycles. The second-order valence-corrected chi connectivity index (χ2v) is 7.79. The molecular weight excluding hydrogens is 408 g/mol. The molecule has 3 nitrogen and oxygen atoms in total. The average molecular weight is 423 g/mol. The molecule has 4 rings (SSSR count). The summed E-state index contributed by atoms with van der Waals surface area (Å²) in [5, 5.41) is 5.88. The largest absolute Gasteiger partial charge is 0.347 e. The highest BCUT2D eigenvalue weighted by molar-refractivity contribution is 9.10. The molecule has 4 aromatic rings. The van der Waals surface area contributed by atoms with Crippen LogP contribution in [0.5, 0.6) is 0 Å². The Hall–Kier alpha value is -2.50. The molecule has 1 N–H and O–H groups in total. The molecule has 5 heteroatoms. The molecule has 0 unspecified atom stereocenters. The molecule has 0 aliphatic carbocycles. The van der Waals surface area contributed by atoms with Crippen molar-refractivity contribution in [3.05, 3.63) is 87.0 Å². The van der Waals surface area contributed by atoms with Crippen molar-refractivity contribution in [1.29, 1.82) is 0 Å². The van der Waals surface area contributed by atoms with E-state index in [1.165, 1.54) is 0 Å². The monoisotopic (exact) mass is 422 g/mol. The van der Waals surface area contributed by atoms with Crippen molar-refractivity contribution in [1.82, 2.24) is 10.3 Å². The number of amides is 1. The van der Waals surface area contributed by atoms with Gasteiger partial charge >= 0.3 is 0 Å². The predicted molar refractivity (Wildman–Crippen MR) is 110 cm³/mol. The van der Waals surface area contributed by atoms with Gasteiger partial charge < -0.3 is 5.32 Å². The first-order chi connectivity index (χ1) is 12.7. The molecule has 0 aliphatic heterocycles. The number of carbonyl (C=O) groups excluding carboxylic acids is 1. The van der Waals surface area contributed by atoms with Crippen LogP contribution in [0.4, 0.5) is 0 Å². The van der Waals surface area contributed by atoms with Crippen LogP contribution in [0.3, 0.4) is 0 Å². The lowest BCUT2D eigenvalue weighted by atomic mass is 10.0. The zero-order valence-electron chi connectivity index (χ0n) is 13.8. The van der Waals surface area contributed by atoms with Crippen LogP contribution in [0.25, 0.3) is 22.2 Å². The summed E-state index contributed by atoms with van der Waals surface area (Å²) in [7, 11) is 0. The molecule has 0 aliphatic rings. The summed E-state index contributed by atoms with van der Waals surface area (Å²) in [6, 6.07) is 21.5. The Labute approximate surface area is 163 Å². The number of benzene rings is 2. The average Bonchev–Trinajstić information content (AvgIpc) is 3.19. The zero-order chi connectivity index (χ0) is 17.9. The van der Waals surface area contributed by atoms with Gasteiger partial charge in [-0.3, -0.25) is 4.79 Å². The second-order valence-electron chi connectivity index (χ2n) is 5.84. The van der Waals surface area contributed by atoms with Gasteiger partial charge in [-0.2, -0.15) is 0 Å². The second kappa shape index (κ2) is 7.40. The van der Waals surface area contributed by atoms with E-state index in [2.05, 4.69) is 21.2 Å². The number of para-hydroxylation sites is 1. The summed E-state index contributed by atoms with van der Waals surface area (Å²) >= 11 is 5.13. The Bertz CT molecular complexity index is 1080. The fraction of sp³-hybridized carbons (Fsp3) is 0.0476. The van der Waals surface area contributed by atoms with Crippen molar-refractivity contribution >= 4 is 44.1 Å². The molecule has 0 atom stereocenters. The van der Waals surface area contributed by atoms with Crippen LogP contribution in [0, 0.1) is 0 Å². The molecule has 2 heterocycles. The minimum Gasteiger partial charge on any atom is -0.347 e. The summed E-state index contributed by atoms with van der Waals surface area (Å²) in [6.45, 7) is 0.527. The lowest BCUT2D eigenvalue weighted by Gasteiger charge is -2.10. The van der Waals surface area contributed by atoms with E-state index in [0.717, 1.165) is 31.5 Å². The number of hydrogen-bond acceptors (Lipinski definition) is 3. The highest BCUT2D eigenvalue weighted by Gasteiger charge is 2.14. The smallest absolute Gasteiger partial charge is 0.252 e. The number of thiophene rings is 1. The van der Waals surface area contributed by atoms with E-state index in [4.69, 9.17) is 4.98 Å². The Kier molecular flexibility index (Phi) is 4.82. The molecule has 1 amide bonds. The van der Waals surface area contributed by atoms with E-state index in [1.807, 2.05) is 72.1 Å². The normalized spacial score (nSPS) is 10.8. The third kappa shape index (κ3) is 3.54. The molecule has 128 valence electrons. The van der Waals surface area contributed by atoms with Crippen LogP contribution in [-0.4, -0.2) is 10.9 Å². The quantitative estimate of drug-likeness (QED) is 0.461. The van der Waals surface area contributed by atoms with Gasteiger partial charge in [0.05, 0.1) is 23.3 Å². The van der Waals surface area contributed by atoms with Crippen LogP contribution in [-0.2, 0) is 6.54 Å². The van der Waals surface area contributed by atoms with Crippen molar-refractivity contribution in [2.24, 2.45) is 0 Å². The number of nitrogens with one attached hydrogen (secondary N) is 1. The highest BCUT2D eigenvalue weighted by atomic mass is 79.9. The fourth-order valence-electron chi connectivity index (χ4n) is 2.83. The summed E-state index contributed by atoms with van der Waals surface area (Å²) < 4.78 is 0.980. The van der Waals surface area contributed by atoms with Crippen molar-refractivity contribution in [3.8, 4) is 11.3 Å². The van der Waals surface area contributed by atoms with E-state index in [0.29, 0.717) is 12.1 Å². The Morgan fingerprint density at radius 1 is 1.04 bits per heavy atom. The Morgan fingerprint density at radius 3 is 2.73 bits per heavy atom. The van der Waals surface area contributed by atoms with Crippen LogP contribution >= 0.6 is 27.3 Å². The molecule has 0 bridgehead atoms. The summed E-state index contributed by atoms with van der Waals surface area (Å²) in [4.78, 5) is 18.7. The predicted octanol–water partition coefficient (Wildman–Crippen LogP) is 5.66. The van der Waals surface area contributed by atoms with Gasteiger partial charge in [-0.15, -0.1) is 11.3 Å². The minimum absolute atomic E-state index is 0.0896. The molecule has 0 fully saturated rings. The van der Waals surface area contributed by atoms with E-state index < -0.39 is 0 Å². The summed E-state index contributed by atoms with van der Waals surface area (Å²) in [5.41, 5.74) is 3.21. The fourth-order valence-corrected chi connectivity index (χ4v) is 3.88. The van der Waals surface area contributed by atoms with Gasteiger partial charge in [0, 0.05) is 20.3 Å². The Morgan fingerprint density at radius 2 is 1.92 bits per heavy atom. The minimum atomic E-state index is -0.0896. The maximum atomic E-state index is 12.9. The van der Waals surface area contributed by atoms with Gasteiger partial charge in [0.1, 0.15) is 0 Å². The first kappa shape index (κ1) is 16.9. The summed E-state index contributed by atoms with van der Waals surface area (Å²) in [5.74, 6) is -0.0896. The lowest BCUT2D eigenvalue weighted by Crippen LogP contribution is -2.22. The van der Waals surface area contributed by atoms with E-state index in [-0.39, 0.29) is 5.91 Å². The number of carbonyl (C=O) groups is 1. The third-order valence-electron chi connectivity index (χ3n) is 4.08. The molecule has 26 heavy (non-hydrogen) atoms. The number of rotatable bonds is 4. The molecular formula is C21H15BrN2OS. The number of halogens is 1. The third-order valence-corrected chi connectivity index (χ3v) is 5.45. The zero-order valence-corrected chi connectivity index (χ0v) is 16.2. The maximum absolute atomic E-state index is 12.9. The van der Waals surface area contributed by atoms with E-state index >= 15 is 0 Å². The molecule has 0 radical (unpaired) electrons. The van der Waals surface area contributed by atoms with Gasteiger partial charge in [-0.25, -0.2) is 4.98 Å². The lowest BCUT2D eigenvalue weighted by molar-refractivity contribution is 0.0953. The molecule has 2 aromatic heterocycles. The number of nitrogens with zero attached hydrogens (tertiary/aromatic N) is 1. The van der Waals surface area contributed by atoms with Crippen LogP contribution in [0.1, 0.15) is 15.2 Å². The number of aromatic nitrogens is 1. The van der Waals surface area contributed by atoms with Gasteiger partial charge in [0.15, 0.2) is 0 Å². The Balaban J connectivity index is 1.75. The number of hydrogen-bond donors (Lipinski definition) is 1. The van der Waals surface area contributed by atoms with Gasteiger partial charge in [-0.05, 0) is 35.7 Å². The van der Waals surface area contributed by atoms with E-state index in [9.17, 15) is 4.79 Å². The van der Waals surface area contributed by atoms with Crippen LogP contribution in [0.2, 0.25) is 0 Å². The number of pyridine rings is 1. The maximum Gasteiger partial charge on any atom is 0.252 e. The van der Waals surface area contributed by atoms with Crippen LogP contribution < -0.4 is 5.32 Å². The van der Waals surface area contributed by atoms with Gasteiger partial charge in [0.25, 0.3) is 5.91 Å². The summed E-state index contributed by atoms with van der Waals surface area (Å²) in [6.07, 6.45) is 0.